The van der Waals surface area contributed by atoms with E-state index in [9.17, 15) is 13.2 Å². The largest absolute Gasteiger partial charge is 0.349 e. The monoisotopic (exact) mass is 376 g/mol. The second-order valence-electron chi connectivity index (χ2n) is 5.70. The number of nitrogens with one attached hydrogen (secondary N) is 2. The number of halogens is 1. The Morgan fingerprint density at radius 3 is 2.87 bits per heavy atom. The molecule has 1 amide bonds. The van der Waals surface area contributed by atoms with Crippen molar-refractivity contribution in [2.45, 2.75) is 29.8 Å². The molecule has 1 fully saturated rings. The topological polar surface area (TPSA) is 75.3 Å². The third-order valence-electron chi connectivity index (χ3n) is 4.07. The molecule has 1 aromatic rings. The van der Waals surface area contributed by atoms with Crippen LogP contribution in [0, 0.1) is 0 Å². The number of thioether (sulfide) groups is 1. The van der Waals surface area contributed by atoms with Crippen LogP contribution in [-0.4, -0.2) is 44.2 Å². The van der Waals surface area contributed by atoms with Gasteiger partial charge in [-0.05, 0) is 18.1 Å². The van der Waals surface area contributed by atoms with Crippen molar-refractivity contribution in [3.63, 3.8) is 0 Å². The summed E-state index contributed by atoms with van der Waals surface area (Å²) in [5, 5.41) is 6.35. The smallest absolute Gasteiger partial charge is 0.222 e. The molecule has 0 radical (unpaired) electrons. The Morgan fingerprint density at radius 1 is 1.35 bits per heavy atom. The van der Waals surface area contributed by atoms with Gasteiger partial charge in [-0.25, -0.2) is 8.42 Å². The summed E-state index contributed by atoms with van der Waals surface area (Å²) in [4.78, 5) is 12.6. The molecule has 0 aliphatic carbocycles. The molecule has 128 valence electrons. The molecule has 0 aromatic heterocycles. The van der Waals surface area contributed by atoms with E-state index in [1.54, 1.807) is 18.2 Å². The van der Waals surface area contributed by atoms with Gasteiger partial charge in [0.05, 0.1) is 16.7 Å². The van der Waals surface area contributed by atoms with E-state index < -0.39 is 9.84 Å². The maximum absolute atomic E-state index is 12.2. The van der Waals surface area contributed by atoms with Crippen LogP contribution in [0.5, 0.6) is 0 Å². The Labute approximate surface area is 147 Å². The van der Waals surface area contributed by atoms with E-state index in [0.717, 1.165) is 18.1 Å². The normalized spacial score (nSPS) is 25.7. The molecule has 23 heavy (non-hydrogen) atoms. The maximum Gasteiger partial charge on any atom is 0.222 e. The van der Waals surface area contributed by atoms with Crippen molar-refractivity contribution in [3.8, 4) is 0 Å². The molecule has 0 saturated carbocycles. The first-order chi connectivity index (χ1) is 10.6. The number of carbonyl (C=O) groups is 1. The summed E-state index contributed by atoms with van der Waals surface area (Å²) >= 11 is 1.86. The molecular weight excluding hydrogens is 356 g/mol. The number of sulfone groups is 1. The molecule has 2 heterocycles. The minimum absolute atomic E-state index is 0. The summed E-state index contributed by atoms with van der Waals surface area (Å²) in [6.07, 6.45) is 0.885. The predicted octanol–water partition coefficient (Wildman–Crippen LogP) is 1.54. The average molecular weight is 377 g/mol. The summed E-state index contributed by atoms with van der Waals surface area (Å²) in [7, 11) is -3.20. The van der Waals surface area contributed by atoms with Crippen LogP contribution in [0.2, 0.25) is 0 Å². The standard InChI is InChI=1S/C15H20N2O3S2.ClH/c18-15(9-11-10-21-7-6-16-11)17-13-5-8-22(19,20)14-4-2-1-3-12(13)14;/h1-4,11,13,16H,5-10H2,(H,17,18);1H. The second-order valence-corrected chi connectivity index (χ2v) is 8.92. The molecule has 2 unspecified atom stereocenters. The highest BCUT2D eigenvalue weighted by atomic mass is 35.5. The first-order valence-electron chi connectivity index (χ1n) is 7.48. The van der Waals surface area contributed by atoms with E-state index in [4.69, 9.17) is 0 Å². The van der Waals surface area contributed by atoms with Crippen molar-refractivity contribution < 1.29 is 13.2 Å². The van der Waals surface area contributed by atoms with Crippen molar-refractivity contribution in [3.05, 3.63) is 29.8 Å². The lowest BCUT2D eigenvalue weighted by Crippen LogP contribution is -2.42. The predicted molar refractivity (Wildman–Crippen MR) is 95.0 cm³/mol. The zero-order valence-electron chi connectivity index (χ0n) is 12.7. The maximum atomic E-state index is 12.2. The van der Waals surface area contributed by atoms with Crippen molar-refractivity contribution in [1.82, 2.24) is 10.6 Å². The Morgan fingerprint density at radius 2 is 2.13 bits per heavy atom. The van der Waals surface area contributed by atoms with Crippen LogP contribution in [0.15, 0.2) is 29.2 Å². The first kappa shape index (κ1) is 18.6. The highest BCUT2D eigenvalue weighted by molar-refractivity contribution is 7.99. The molecule has 8 heteroatoms. The third-order valence-corrected chi connectivity index (χ3v) is 7.02. The van der Waals surface area contributed by atoms with E-state index in [1.165, 1.54) is 0 Å². The minimum Gasteiger partial charge on any atom is -0.349 e. The number of fused-ring (bicyclic) bond motifs is 1. The van der Waals surface area contributed by atoms with E-state index in [-0.39, 0.29) is 36.2 Å². The third kappa shape index (κ3) is 4.41. The molecule has 2 N–H and O–H groups in total. The fourth-order valence-electron chi connectivity index (χ4n) is 2.97. The van der Waals surface area contributed by atoms with Gasteiger partial charge in [0.25, 0.3) is 0 Å². The number of carbonyl (C=O) groups excluding carboxylic acids is 1. The molecule has 2 aliphatic rings. The van der Waals surface area contributed by atoms with Gasteiger partial charge in [-0.2, -0.15) is 11.8 Å². The van der Waals surface area contributed by atoms with Crippen LogP contribution in [0.3, 0.4) is 0 Å². The van der Waals surface area contributed by atoms with Crippen molar-refractivity contribution >= 4 is 39.9 Å². The van der Waals surface area contributed by atoms with Gasteiger partial charge in [0, 0.05) is 30.5 Å². The Bertz CT molecular complexity index is 660. The zero-order valence-corrected chi connectivity index (χ0v) is 15.1. The van der Waals surface area contributed by atoms with Crippen LogP contribution in [0.25, 0.3) is 0 Å². The lowest BCUT2D eigenvalue weighted by molar-refractivity contribution is -0.122. The van der Waals surface area contributed by atoms with E-state index >= 15 is 0 Å². The highest BCUT2D eigenvalue weighted by Crippen LogP contribution is 2.31. The van der Waals surface area contributed by atoms with E-state index in [1.807, 2.05) is 17.8 Å². The Kier molecular flexibility index (Phi) is 6.36. The molecule has 2 aliphatic heterocycles. The molecule has 1 aromatic carbocycles. The molecule has 5 nitrogen and oxygen atoms in total. The van der Waals surface area contributed by atoms with Crippen molar-refractivity contribution in [1.29, 1.82) is 0 Å². The molecular formula is C15H21ClN2O3S2. The molecule has 2 atom stereocenters. The van der Waals surface area contributed by atoms with Crippen LogP contribution < -0.4 is 10.6 Å². The van der Waals surface area contributed by atoms with Gasteiger partial charge in [0.15, 0.2) is 9.84 Å². The lowest BCUT2D eigenvalue weighted by atomic mass is 10.0. The summed E-state index contributed by atoms with van der Waals surface area (Å²) < 4.78 is 24.2. The summed E-state index contributed by atoms with van der Waals surface area (Å²) in [6, 6.07) is 6.97. The Balaban J connectivity index is 0.00000192. The van der Waals surface area contributed by atoms with E-state index in [0.29, 0.717) is 23.3 Å². The number of hydrogen-bond donors (Lipinski definition) is 2. The average Bonchev–Trinajstić information content (AvgIpc) is 2.51. The van der Waals surface area contributed by atoms with Gasteiger partial charge >= 0.3 is 0 Å². The molecule has 1 saturated heterocycles. The first-order valence-corrected chi connectivity index (χ1v) is 10.3. The number of hydrogen-bond acceptors (Lipinski definition) is 5. The van der Waals surface area contributed by atoms with Crippen LogP contribution in [-0.2, 0) is 14.6 Å². The molecule has 0 spiro atoms. The SMILES string of the molecule is Cl.O=C(CC1CSCCN1)NC1CCS(=O)(=O)c2ccccc21. The minimum atomic E-state index is -3.20. The van der Waals surface area contributed by atoms with Gasteiger partial charge in [-0.1, -0.05) is 18.2 Å². The quantitative estimate of drug-likeness (QED) is 0.836. The fourth-order valence-corrected chi connectivity index (χ4v) is 5.54. The van der Waals surface area contributed by atoms with Crippen LogP contribution >= 0.6 is 24.2 Å². The fraction of sp³-hybridized carbons (Fsp3) is 0.533. The Hall–Kier alpha value is -0.760. The number of rotatable bonds is 3. The van der Waals surface area contributed by atoms with Gasteiger partial charge in [-0.3, -0.25) is 4.79 Å². The molecule has 0 bridgehead atoms. The van der Waals surface area contributed by atoms with Crippen LogP contribution in [0.1, 0.15) is 24.4 Å². The second kappa shape index (κ2) is 7.88. The van der Waals surface area contributed by atoms with Crippen molar-refractivity contribution in [2.75, 3.05) is 23.8 Å². The van der Waals surface area contributed by atoms with Crippen LogP contribution in [0.4, 0.5) is 0 Å². The van der Waals surface area contributed by atoms with Gasteiger partial charge in [-0.15, -0.1) is 12.4 Å². The summed E-state index contributed by atoms with van der Waals surface area (Å²) in [5.74, 6) is 2.11. The van der Waals surface area contributed by atoms with Gasteiger partial charge < -0.3 is 10.6 Å². The number of amides is 1. The number of benzene rings is 1. The van der Waals surface area contributed by atoms with Crippen molar-refractivity contribution in [2.24, 2.45) is 0 Å². The highest BCUT2D eigenvalue weighted by Gasteiger charge is 2.31. The van der Waals surface area contributed by atoms with Gasteiger partial charge in [0.1, 0.15) is 0 Å². The summed E-state index contributed by atoms with van der Waals surface area (Å²) in [6.45, 7) is 0.938. The lowest BCUT2D eigenvalue weighted by Gasteiger charge is -2.28. The van der Waals surface area contributed by atoms with Gasteiger partial charge in [0.2, 0.25) is 5.91 Å². The van der Waals surface area contributed by atoms with E-state index in [2.05, 4.69) is 10.6 Å². The molecule has 3 rings (SSSR count). The zero-order chi connectivity index (χ0) is 15.6. The summed E-state index contributed by atoms with van der Waals surface area (Å²) in [5.41, 5.74) is 0.716.